The first-order chi connectivity index (χ1) is 10.2. The molecule has 0 saturated heterocycles. The van der Waals surface area contributed by atoms with E-state index in [4.69, 9.17) is 10.5 Å². The highest BCUT2D eigenvalue weighted by Gasteiger charge is 2.18. The van der Waals surface area contributed by atoms with Gasteiger partial charge >= 0.3 is 0 Å². The first-order valence-electron chi connectivity index (χ1n) is 6.78. The van der Waals surface area contributed by atoms with E-state index < -0.39 is 0 Å². The molecule has 0 aliphatic rings. The standard InChI is InChI=1S/C16H19N3O2/c1-3-19(11-12-7-9-18-10-8-12)16(20)13-5-4-6-14(21-2)15(13)17/h4-10H,3,11,17H2,1-2H3. The van der Waals surface area contributed by atoms with E-state index in [1.807, 2.05) is 19.1 Å². The van der Waals surface area contributed by atoms with Gasteiger partial charge in [0.2, 0.25) is 0 Å². The normalized spacial score (nSPS) is 10.2. The number of benzene rings is 1. The Balaban J connectivity index is 2.24. The highest BCUT2D eigenvalue weighted by molar-refractivity contribution is 6.00. The lowest BCUT2D eigenvalue weighted by atomic mass is 10.1. The molecule has 0 aliphatic carbocycles. The van der Waals surface area contributed by atoms with Crippen molar-refractivity contribution in [1.82, 2.24) is 9.88 Å². The van der Waals surface area contributed by atoms with Gasteiger partial charge in [-0.2, -0.15) is 0 Å². The van der Waals surface area contributed by atoms with Crippen LogP contribution in [0.2, 0.25) is 0 Å². The van der Waals surface area contributed by atoms with Gasteiger partial charge in [-0.15, -0.1) is 0 Å². The highest BCUT2D eigenvalue weighted by Crippen LogP contribution is 2.26. The summed E-state index contributed by atoms with van der Waals surface area (Å²) in [5.41, 5.74) is 7.86. The number of ether oxygens (including phenoxy) is 1. The molecule has 0 radical (unpaired) electrons. The van der Waals surface area contributed by atoms with Crippen LogP contribution in [0.15, 0.2) is 42.7 Å². The molecule has 0 spiro atoms. The summed E-state index contributed by atoms with van der Waals surface area (Å²) in [6, 6.07) is 9.01. The zero-order chi connectivity index (χ0) is 15.2. The Labute approximate surface area is 124 Å². The van der Waals surface area contributed by atoms with E-state index in [1.54, 1.807) is 35.5 Å². The molecule has 1 heterocycles. The number of anilines is 1. The number of carbonyl (C=O) groups excluding carboxylic acids is 1. The van der Waals surface area contributed by atoms with Crippen molar-refractivity contribution in [2.24, 2.45) is 0 Å². The molecule has 21 heavy (non-hydrogen) atoms. The Kier molecular flexibility index (Phi) is 4.77. The molecule has 1 aromatic carbocycles. The fourth-order valence-electron chi connectivity index (χ4n) is 2.11. The van der Waals surface area contributed by atoms with Gasteiger partial charge in [-0.3, -0.25) is 9.78 Å². The van der Waals surface area contributed by atoms with Crippen LogP contribution in [0.25, 0.3) is 0 Å². The number of nitrogen functional groups attached to an aromatic ring is 1. The molecule has 0 unspecified atom stereocenters. The third kappa shape index (κ3) is 3.31. The molecule has 2 N–H and O–H groups in total. The van der Waals surface area contributed by atoms with E-state index in [9.17, 15) is 4.79 Å². The van der Waals surface area contributed by atoms with E-state index in [1.165, 1.54) is 7.11 Å². The quantitative estimate of drug-likeness (QED) is 0.856. The van der Waals surface area contributed by atoms with Crippen molar-refractivity contribution in [3.8, 4) is 5.75 Å². The van der Waals surface area contributed by atoms with E-state index in [0.29, 0.717) is 30.1 Å². The lowest BCUT2D eigenvalue weighted by Gasteiger charge is -2.22. The summed E-state index contributed by atoms with van der Waals surface area (Å²) in [5, 5.41) is 0. The fourth-order valence-corrected chi connectivity index (χ4v) is 2.11. The molecule has 5 nitrogen and oxygen atoms in total. The van der Waals surface area contributed by atoms with Gasteiger partial charge in [0.15, 0.2) is 0 Å². The monoisotopic (exact) mass is 285 g/mol. The van der Waals surface area contributed by atoms with Gasteiger partial charge in [-0.05, 0) is 36.8 Å². The summed E-state index contributed by atoms with van der Waals surface area (Å²) < 4.78 is 5.16. The summed E-state index contributed by atoms with van der Waals surface area (Å²) in [6.07, 6.45) is 3.43. The molecule has 110 valence electrons. The predicted molar refractivity (Wildman–Crippen MR) is 82.1 cm³/mol. The van der Waals surface area contributed by atoms with Gasteiger partial charge in [0.05, 0.1) is 18.4 Å². The number of methoxy groups -OCH3 is 1. The highest BCUT2D eigenvalue weighted by atomic mass is 16.5. The SMILES string of the molecule is CCN(Cc1ccncc1)C(=O)c1cccc(OC)c1N. The van der Waals surface area contributed by atoms with Gasteiger partial charge in [0.1, 0.15) is 5.75 Å². The number of nitrogens with two attached hydrogens (primary N) is 1. The van der Waals surface area contributed by atoms with E-state index >= 15 is 0 Å². The van der Waals surface area contributed by atoms with Crippen LogP contribution >= 0.6 is 0 Å². The molecule has 0 saturated carbocycles. The molecular formula is C16H19N3O2. The zero-order valence-electron chi connectivity index (χ0n) is 12.2. The molecular weight excluding hydrogens is 266 g/mol. The minimum atomic E-state index is -0.106. The Bertz CT molecular complexity index is 614. The molecule has 2 aromatic rings. The number of hydrogen-bond acceptors (Lipinski definition) is 4. The van der Waals surface area contributed by atoms with Gasteiger partial charge in [-0.1, -0.05) is 6.07 Å². The largest absolute Gasteiger partial charge is 0.495 e. The third-order valence-electron chi connectivity index (χ3n) is 3.31. The molecule has 2 rings (SSSR count). The van der Waals surface area contributed by atoms with Crippen LogP contribution in [0.3, 0.4) is 0 Å². The van der Waals surface area contributed by atoms with Gasteiger partial charge in [0, 0.05) is 25.5 Å². The van der Waals surface area contributed by atoms with Crippen molar-refractivity contribution in [3.63, 3.8) is 0 Å². The van der Waals surface area contributed by atoms with Crippen LogP contribution < -0.4 is 10.5 Å². The molecule has 0 bridgehead atoms. The molecule has 1 amide bonds. The number of nitrogens with zero attached hydrogens (tertiary/aromatic N) is 2. The molecule has 0 atom stereocenters. The fraction of sp³-hybridized carbons (Fsp3) is 0.250. The predicted octanol–water partition coefficient (Wildman–Crippen LogP) is 2.33. The summed E-state index contributed by atoms with van der Waals surface area (Å²) in [4.78, 5) is 18.4. The van der Waals surface area contributed by atoms with E-state index in [-0.39, 0.29) is 5.91 Å². The smallest absolute Gasteiger partial charge is 0.256 e. The van der Waals surface area contributed by atoms with Crippen LogP contribution in [-0.4, -0.2) is 29.4 Å². The van der Waals surface area contributed by atoms with Gasteiger partial charge in [-0.25, -0.2) is 0 Å². The maximum absolute atomic E-state index is 12.6. The van der Waals surface area contributed by atoms with Crippen molar-refractivity contribution in [2.75, 3.05) is 19.4 Å². The first kappa shape index (κ1) is 14.8. The number of aromatic nitrogens is 1. The molecule has 0 aliphatic heterocycles. The van der Waals surface area contributed by atoms with Crippen molar-refractivity contribution in [3.05, 3.63) is 53.9 Å². The minimum Gasteiger partial charge on any atom is -0.495 e. The lowest BCUT2D eigenvalue weighted by molar-refractivity contribution is 0.0753. The van der Waals surface area contributed by atoms with E-state index in [0.717, 1.165) is 5.56 Å². The summed E-state index contributed by atoms with van der Waals surface area (Å²) in [5.74, 6) is 0.409. The molecule has 5 heteroatoms. The lowest BCUT2D eigenvalue weighted by Crippen LogP contribution is -2.31. The summed E-state index contributed by atoms with van der Waals surface area (Å²) in [7, 11) is 1.54. The maximum atomic E-state index is 12.6. The van der Waals surface area contributed by atoms with Crippen LogP contribution in [0, 0.1) is 0 Å². The zero-order valence-corrected chi connectivity index (χ0v) is 12.2. The molecule has 1 aromatic heterocycles. The minimum absolute atomic E-state index is 0.106. The number of hydrogen-bond donors (Lipinski definition) is 1. The first-order valence-corrected chi connectivity index (χ1v) is 6.78. The Hall–Kier alpha value is -2.56. The van der Waals surface area contributed by atoms with Crippen molar-refractivity contribution in [1.29, 1.82) is 0 Å². The van der Waals surface area contributed by atoms with Crippen LogP contribution in [0.5, 0.6) is 5.75 Å². The van der Waals surface area contributed by atoms with Crippen molar-refractivity contribution >= 4 is 11.6 Å². The number of pyridine rings is 1. The Morgan fingerprint density at radius 1 is 1.29 bits per heavy atom. The Morgan fingerprint density at radius 2 is 2.00 bits per heavy atom. The van der Waals surface area contributed by atoms with E-state index in [2.05, 4.69) is 4.98 Å². The second-order valence-corrected chi connectivity index (χ2v) is 4.60. The number of rotatable bonds is 5. The Morgan fingerprint density at radius 3 is 2.62 bits per heavy atom. The second-order valence-electron chi connectivity index (χ2n) is 4.60. The number of amides is 1. The second kappa shape index (κ2) is 6.74. The number of para-hydroxylation sites is 1. The van der Waals surface area contributed by atoms with Crippen molar-refractivity contribution < 1.29 is 9.53 Å². The third-order valence-corrected chi connectivity index (χ3v) is 3.31. The molecule has 0 fully saturated rings. The summed E-state index contributed by atoms with van der Waals surface area (Å²) >= 11 is 0. The van der Waals surface area contributed by atoms with Crippen LogP contribution in [0.4, 0.5) is 5.69 Å². The average Bonchev–Trinajstić information content (AvgIpc) is 2.53. The van der Waals surface area contributed by atoms with Gasteiger partial charge < -0.3 is 15.4 Å². The van der Waals surface area contributed by atoms with Crippen LogP contribution in [-0.2, 0) is 6.54 Å². The average molecular weight is 285 g/mol. The summed E-state index contributed by atoms with van der Waals surface area (Å²) in [6.45, 7) is 3.06. The van der Waals surface area contributed by atoms with Gasteiger partial charge in [0.25, 0.3) is 5.91 Å². The number of carbonyl (C=O) groups is 1. The topological polar surface area (TPSA) is 68.5 Å². The van der Waals surface area contributed by atoms with Crippen molar-refractivity contribution in [2.45, 2.75) is 13.5 Å². The maximum Gasteiger partial charge on any atom is 0.256 e. The van der Waals surface area contributed by atoms with Crippen LogP contribution in [0.1, 0.15) is 22.8 Å².